The van der Waals surface area contributed by atoms with Crippen molar-refractivity contribution in [2.45, 2.75) is 13.5 Å². The number of rotatable bonds is 4. The molecule has 0 aliphatic rings. The largest absolute Gasteiger partial charge is 0.465 e. The zero-order chi connectivity index (χ0) is 15.6. The highest BCUT2D eigenvalue weighted by molar-refractivity contribution is 5.86. The number of anilines is 1. The zero-order valence-electron chi connectivity index (χ0n) is 12.5. The maximum absolute atomic E-state index is 5.56. The molecular weight excluding hydrogens is 292 g/mol. The van der Waals surface area contributed by atoms with E-state index in [1.54, 1.807) is 17.1 Å². The Morgan fingerprint density at radius 1 is 1.13 bits per heavy atom. The summed E-state index contributed by atoms with van der Waals surface area (Å²) in [6.45, 7) is 2.47. The normalized spacial score (nSPS) is 11.0. The third kappa shape index (κ3) is 2.52. The molecule has 4 rings (SSSR count). The predicted molar refractivity (Wildman–Crippen MR) is 85.2 cm³/mol. The average molecular weight is 306 g/mol. The van der Waals surface area contributed by atoms with Crippen molar-refractivity contribution in [2.75, 3.05) is 5.32 Å². The zero-order valence-corrected chi connectivity index (χ0v) is 12.5. The minimum atomic E-state index is 0.550. The number of fused-ring (bicyclic) bond motifs is 1. The summed E-state index contributed by atoms with van der Waals surface area (Å²) in [5.74, 6) is 3.17. The van der Waals surface area contributed by atoms with E-state index >= 15 is 0 Å². The number of nitrogens with one attached hydrogen (secondary N) is 1. The number of hydrogen-bond donors (Lipinski definition) is 1. The first-order valence-electron chi connectivity index (χ1n) is 7.20. The van der Waals surface area contributed by atoms with Gasteiger partial charge >= 0.3 is 0 Å². The molecule has 1 N–H and O–H groups in total. The molecule has 0 unspecified atom stereocenters. The van der Waals surface area contributed by atoms with Crippen LogP contribution in [0.5, 0.6) is 0 Å². The van der Waals surface area contributed by atoms with E-state index in [4.69, 9.17) is 4.42 Å². The molecule has 0 radical (unpaired) electrons. The minimum absolute atomic E-state index is 0.550. The van der Waals surface area contributed by atoms with Crippen LogP contribution in [0.25, 0.3) is 16.9 Å². The topological polar surface area (TPSA) is 81.7 Å². The molecule has 114 valence electrons. The van der Waals surface area contributed by atoms with Crippen molar-refractivity contribution in [1.82, 2.24) is 24.7 Å². The maximum Gasteiger partial charge on any atom is 0.170 e. The fourth-order valence-electron chi connectivity index (χ4n) is 2.38. The molecule has 0 saturated carbocycles. The first kappa shape index (κ1) is 13.4. The van der Waals surface area contributed by atoms with Crippen LogP contribution in [-0.2, 0) is 6.54 Å². The van der Waals surface area contributed by atoms with Crippen molar-refractivity contribution >= 4 is 16.9 Å². The lowest BCUT2D eigenvalue weighted by Crippen LogP contribution is -2.03. The van der Waals surface area contributed by atoms with Crippen LogP contribution in [0.3, 0.4) is 0 Å². The number of aromatic nitrogens is 5. The van der Waals surface area contributed by atoms with E-state index in [1.165, 1.54) is 6.33 Å². The summed E-state index contributed by atoms with van der Waals surface area (Å²) in [4.78, 5) is 12.9. The van der Waals surface area contributed by atoms with Crippen molar-refractivity contribution in [3.05, 3.63) is 60.6 Å². The second-order valence-corrected chi connectivity index (χ2v) is 5.07. The lowest BCUT2D eigenvalue weighted by atomic mass is 10.3. The summed E-state index contributed by atoms with van der Waals surface area (Å²) < 4.78 is 7.25. The van der Waals surface area contributed by atoms with Gasteiger partial charge in [0.05, 0.1) is 18.1 Å². The summed E-state index contributed by atoms with van der Waals surface area (Å²) >= 11 is 0. The summed E-state index contributed by atoms with van der Waals surface area (Å²) in [7, 11) is 0. The average Bonchev–Trinajstić information content (AvgIpc) is 3.20. The van der Waals surface area contributed by atoms with Gasteiger partial charge in [0, 0.05) is 6.20 Å². The van der Waals surface area contributed by atoms with E-state index in [-0.39, 0.29) is 0 Å². The van der Waals surface area contributed by atoms with Gasteiger partial charge in [0.2, 0.25) is 0 Å². The fraction of sp³-hybridized carbons (Fsp3) is 0.125. The van der Waals surface area contributed by atoms with Crippen LogP contribution in [0, 0.1) is 6.92 Å². The molecule has 4 heterocycles. The third-order valence-corrected chi connectivity index (χ3v) is 3.46. The van der Waals surface area contributed by atoms with E-state index in [1.807, 2.05) is 37.3 Å². The highest BCUT2D eigenvalue weighted by atomic mass is 16.3. The van der Waals surface area contributed by atoms with E-state index in [9.17, 15) is 0 Å². The number of hydrogen-bond acceptors (Lipinski definition) is 6. The molecule has 4 aromatic rings. The van der Waals surface area contributed by atoms with Gasteiger partial charge in [0.15, 0.2) is 11.5 Å². The van der Waals surface area contributed by atoms with Crippen molar-refractivity contribution in [3.63, 3.8) is 0 Å². The highest BCUT2D eigenvalue weighted by Gasteiger charge is 2.11. The molecule has 0 fully saturated rings. The molecule has 0 atom stereocenters. The lowest BCUT2D eigenvalue weighted by molar-refractivity contribution is 0.490. The van der Waals surface area contributed by atoms with Gasteiger partial charge in [-0.3, -0.25) is 0 Å². The second-order valence-electron chi connectivity index (χ2n) is 5.07. The molecular formula is C16H14N6O. The first-order chi connectivity index (χ1) is 11.3. The Balaban J connectivity index is 1.67. The standard InChI is InChI=1S/C16H14N6O/c1-11-5-6-12(23-11)8-18-15-13-9-21-22(16(13)20-10-19-15)14-4-2-3-7-17-14/h2-7,9-10H,8H2,1H3,(H,18,19,20). The van der Waals surface area contributed by atoms with Gasteiger partial charge in [-0.1, -0.05) is 6.07 Å². The molecule has 0 aliphatic carbocycles. The van der Waals surface area contributed by atoms with E-state index in [0.717, 1.165) is 16.9 Å². The van der Waals surface area contributed by atoms with Gasteiger partial charge in [-0.05, 0) is 31.2 Å². The minimum Gasteiger partial charge on any atom is -0.465 e. The molecule has 0 bridgehead atoms. The Morgan fingerprint density at radius 3 is 2.87 bits per heavy atom. The van der Waals surface area contributed by atoms with Gasteiger partial charge in [-0.25, -0.2) is 15.0 Å². The van der Waals surface area contributed by atoms with Crippen LogP contribution in [-0.4, -0.2) is 24.7 Å². The Kier molecular flexibility index (Phi) is 3.23. The molecule has 0 amide bonds. The number of furan rings is 1. The van der Waals surface area contributed by atoms with Crippen LogP contribution in [0.15, 0.2) is 53.5 Å². The monoisotopic (exact) mass is 306 g/mol. The molecule has 0 aromatic carbocycles. The molecule has 7 nitrogen and oxygen atoms in total. The Bertz CT molecular complexity index is 944. The van der Waals surface area contributed by atoms with E-state index in [2.05, 4.69) is 25.4 Å². The molecule has 23 heavy (non-hydrogen) atoms. The molecule has 0 aliphatic heterocycles. The molecule has 7 heteroatoms. The first-order valence-corrected chi connectivity index (χ1v) is 7.20. The summed E-state index contributed by atoms with van der Waals surface area (Å²) in [5.41, 5.74) is 0.705. The number of pyridine rings is 1. The Morgan fingerprint density at radius 2 is 2.09 bits per heavy atom. The van der Waals surface area contributed by atoms with Gasteiger partial charge in [0.25, 0.3) is 0 Å². The third-order valence-electron chi connectivity index (χ3n) is 3.46. The van der Waals surface area contributed by atoms with Crippen molar-refractivity contribution in [3.8, 4) is 5.82 Å². The quantitative estimate of drug-likeness (QED) is 0.624. The lowest BCUT2D eigenvalue weighted by Gasteiger charge is -2.05. The van der Waals surface area contributed by atoms with Gasteiger partial charge in [0.1, 0.15) is 23.7 Å². The highest BCUT2D eigenvalue weighted by Crippen LogP contribution is 2.21. The van der Waals surface area contributed by atoms with Gasteiger partial charge < -0.3 is 9.73 Å². The fourth-order valence-corrected chi connectivity index (χ4v) is 2.38. The van der Waals surface area contributed by atoms with E-state index in [0.29, 0.717) is 23.8 Å². The summed E-state index contributed by atoms with van der Waals surface area (Å²) in [5, 5.41) is 8.47. The SMILES string of the molecule is Cc1ccc(CNc2ncnc3c2cnn3-c2ccccn2)o1. The van der Waals surface area contributed by atoms with Crippen LogP contribution in [0.4, 0.5) is 5.82 Å². The van der Waals surface area contributed by atoms with Crippen molar-refractivity contribution < 1.29 is 4.42 Å². The predicted octanol–water partition coefficient (Wildman–Crippen LogP) is 2.72. The van der Waals surface area contributed by atoms with Gasteiger partial charge in [-0.15, -0.1) is 0 Å². The molecule has 4 aromatic heterocycles. The van der Waals surface area contributed by atoms with Crippen LogP contribution in [0.2, 0.25) is 0 Å². The summed E-state index contributed by atoms with van der Waals surface area (Å²) in [6, 6.07) is 9.54. The smallest absolute Gasteiger partial charge is 0.170 e. The van der Waals surface area contributed by atoms with Crippen LogP contribution in [0.1, 0.15) is 11.5 Å². The number of aryl methyl sites for hydroxylation is 1. The summed E-state index contributed by atoms with van der Waals surface area (Å²) in [6.07, 6.45) is 4.97. The van der Waals surface area contributed by atoms with Crippen molar-refractivity contribution in [1.29, 1.82) is 0 Å². The van der Waals surface area contributed by atoms with Crippen LogP contribution < -0.4 is 5.32 Å². The van der Waals surface area contributed by atoms with E-state index < -0.39 is 0 Å². The molecule has 0 saturated heterocycles. The Hall–Kier alpha value is -3.22. The Labute approximate surface area is 132 Å². The van der Waals surface area contributed by atoms with Gasteiger partial charge in [-0.2, -0.15) is 9.78 Å². The maximum atomic E-state index is 5.56. The second kappa shape index (κ2) is 5.53. The van der Waals surface area contributed by atoms with Crippen LogP contribution >= 0.6 is 0 Å². The van der Waals surface area contributed by atoms with Crippen molar-refractivity contribution in [2.24, 2.45) is 0 Å². The molecule has 0 spiro atoms. The number of nitrogens with zero attached hydrogens (tertiary/aromatic N) is 5.